The third-order valence-electron chi connectivity index (χ3n) is 2.34. The lowest BCUT2D eigenvalue weighted by molar-refractivity contribution is 0.122. The molecule has 0 amide bonds. The Bertz CT molecular complexity index is 342. The van der Waals surface area contributed by atoms with E-state index in [1.165, 1.54) is 0 Å². The first-order valence-corrected chi connectivity index (χ1v) is 6.44. The quantitative estimate of drug-likeness (QED) is 0.589. The molecule has 1 saturated heterocycles. The van der Waals surface area contributed by atoms with Crippen molar-refractivity contribution >= 4 is 29.1 Å². The Balaban J connectivity index is 2.22. The molecule has 1 fully saturated rings. The van der Waals surface area contributed by atoms with E-state index >= 15 is 0 Å². The van der Waals surface area contributed by atoms with Gasteiger partial charge in [0.05, 0.1) is 18.2 Å². The lowest BCUT2D eigenvalue weighted by atomic mass is 10.3. The predicted molar refractivity (Wildman–Crippen MR) is 64.1 cm³/mol. The molecule has 0 aromatic carbocycles. The molecule has 3 nitrogen and oxygen atoms in total. The zero-order valence-electron chi connectivity index (χ0n) is 8.57. The van der Waals surface area contributed by atoms with Crippen LogP contribution >= 0.6 is 23.4 Å². The lowest BCUT2D eigenvalue weighted by Crippen LogP contribution is -2.36. The Kier molecular flexibility index (Phi) is 3.72. The predicted octanol–water partition coefficient (Wildman–Crippen LogP) is 2.29. The van der Waals surface area contributed by atoms with Crippen molar-refractivity contribution in [3.8, 4) is 0 Å². The molecule has 0 N–H and O–H groups in total. The molecule has 1 aliphatic rings. The fourth-order valence-corrected chi connectivity index (χ4v) is 2.25. The van der Waals surface area contributed by atoms with Gasteiger partial charge in [0.2, 0.25) is 0 Å². The number of nitrogens with zero attached hydrogens (tertiary/aromatic N) is 2. The van der Waals surface area contributed by atoms with Crippen molar-refractivity contribution in [1.82, 2.24) is 4.98 Å². The highest BCUT2D eigenvalue weighted by Gasteiger charge is 2.12. The van der Waals surface area contributed by atoms with Crippen LogP contribution in [0, 0.1) is 0 Å². The van der Waals surface area contributed by atoms with Gasteiger partial charge in [-0.15, -0.1) is 11.8 Å². The number of pyridine rings is 1. The van der Waals surface area contributed by atoms with E-state index in [0.717, 1.165) is 37.0 Å². The molecule has 15 heavy (non-hydrogen) atoms. The summed E-state index contributed by atoms with van der Waals surface area (Å²) >= 11 is 7.57. The van der Waals surface area contributed by atoms with Crippen molar-refractivity contribution in [1.29, 1.82) is 0 Å². The Labute approximate surface area is 98.8 Å². The minimum absolute atomic E-state index is 0.559. The summed E-state index contributed by atoms with van der Waals surface area (Å²) in [5.74, 6) is 0. The number of halogens is 1. The fraction of sp³-hybridized carbons (Fsp3) is 0.500. The molecule has 5 heteroatoms. The number of anilines is 1. The summed E-state index contributed by atoms with van der Waals surface area (Å²) < 4.78 is 5.31. The van der Waals surface area contributed by atoms with Gasteiger partial charge in [0.15, 0.2) is 0 Å². The molecule has 1 aromatic rings. The molecule has 0 spiro atoms. The molecule has 0 atom stereocenters. The average Bonchev–Trinajstić information content (AvgIpc) is 2.29. The van der Waals surface area contributed by atoms with E-state index in [-0.39, 0.29) is 0 Å². The van der Waals surface area contributed by atoms with Crippen LogP contribution in [0.25, 0.3) is 0 Å². The van der Waals surface area contributed by atoms with E-state index in [0.29, 0.717) is 5.15 Å². The molecule has 0 radical (unpaired) electrons. The van der Waals surface area contributed by atoms with Gasteiger partial charge in [0.1, 0.15) is 5.15 Å². The summed E-state index contributed by atoms with van der Waals surface area (Å²) in [7, 11) is 0. The summed E-state index contributed by atoms with van der Waals surface area (Å²) in [6.45, 7) is 3.42. The van der Waals surface area contributed by atoms with Gasteiger partial charge >= 0.3 is 0 Å². The monoisotopic (exact) mass is 244 g/mol. The molecule has 0 unspecified atom stereocenters. The van der Waals surface area contributed by atoms with Crippen LogP contribution in [0.15, 0.2) is 17.2 Å². The first kappa shape index (κ1) is 11.0. The Hall–Kier alpha value is -0.450. The average molecular weight is 245 g/mol. The maximum Gasteiger partial charge on any atom is 0.132 e. The van der Waals surface area contributed by atoms with Gasteiger partial charge in [0, 0.05) is 18.8 Å². The lowest BCUT2D eigenvalue weighted by Gasteiger charge is -2.29. The van der Waals surface area contributed by atoms with E-state index in [1.54, 1.807) is 11.8 Å². The largest absolute Gasteiger partial charge is 0.378 e. The van der Waals surface area contributed by atoms with Crippen LogP contribution in [0.4, 0.5) is 5.69 Å². The Morgan fingerprint density at radius 1 is 1.40 bits per heavy atom. The van der Waals surface area contributed by atoms with E-state index in [4.69, 9.17) is 16.3 Å². The molecule has 2 rings (SSSR count). The molecule has 1 aromatic heterocycles. The first-order valence-electron chi connectivity index (χ1n) is 4.84. The molecule has 0 aliphatic carbocycles. The number of rotatable bonds is 2. The van der Waals surface area contributed by atoms with Crippen molar-refractivity contribution in [2.45, 2.75) is 5.03 Å². The van der Waals surface area contributed by atoms with Gasteiger partial charge in [-0.05, 0) is 18.4 Å². The van der Waals surface area contributed by atoms with E-state index in [9.17, 15) is 0 Å². The van der Waals surface area contributed by atoms with Crippen LogP contribution in [0.3, 0.4) is 0 Å². The maximum absolute atomic E-state index is 5.97. The summed E-state index contributed by atoms with van der Waals surface area (Å²) in [6.07, 6.45) is 2.00. The van der Waals surface area contributed by atoms with E-state index in [1.807, 2.05) is 12.3 Å². The number of thioether (sulfide) groups is 1. The molecule has 82 valence electrons. The number of ether oxygens (including phenoxy) is 1. The van der Waals surface area contributed by atoms with Crippen molar-refractivity contribution in [3.63, 3.8) is 0 Å². The minimum atomic E-state index is 0.559. The second-order valence-electron chi connectivity index (χ2n) is 3.29. The van der Waals surface area contributed by atoms with Crippen molar-refractivity contribution in [2.75, 3.05) is 37.5 Å². The van der Waals surface area contributed by atoms with Gasteiger partial charge in [-0.1, -0.05) is 11.6 Å². The first-order chi connectivity index (χ1) is 7.29. The maximum atomic E-state index is 5.97. The Morgan fingerprint density at radius 2 is 2.13 bits per heavy atom. The van der Waals surface area contributed by atoms with Crippen molar-refractivity contribution in [3.05, 3.63) is 17.3 Å². The topological polar surface area (TPSA) is 25.4 Å². The highest BCUT2D eigenvalue weighted by atomic mass is 35.5. The smallest absolute Gasteiger partial charge is 0.132 e. The van der Waals surface area contributed by atoms with Crippen LogP contribution in [-0.4, -0.2) is 37.5 Å². The van der Waals surface area contributed by atoms with Gasteiger partial charge in [-0.3, -0.25) is 0 Å². The molecule has 1 aliphatic heterocycles. The molecular weight excluding hydrogens is 232 g/mol. The minimum Gasteiger partial charge on any atom is -0.378 e. The number of aromatic nitrogens is 1. The standard InChI is InChI=1S/C10H13ClN2OS/c1-15-10-7-8(6-9(11)12-10)13-2-4-14-5-3-13/h6-7H,2-5H2,1H3. The zero-order chi connectivity index (χ0) is 10.7. The molecule has 0 saturated carbocycles. The van der Waals surface area contributed by atoms with E-state index < -0.39 is 0 Å². The summed E-state index contributed by atoms with van der Waals surface area (Å²) in [4.78, 5) is 6.49. The van der Waals surface area contributed by atoms with Crippen LogP contribution in [-0.2, 0) is 4.74 Å². The summed E-state index contributed by atoms with van der Waals surface area (Å²) in [6, 6.07) is 3.98. The Morgan fingerprint density at radius 3 is 2.80 bits per heavy atom. The van der Waals surface area contributed by atoms with Crippen molar-refractivity contribution < 1.29 is 4.74 Å². The highest BCUT2D eigenvalue weighted by Crippen LogP contribution is 2.24. The van der Waals surface area contributed by atoms with Crippen LogP contribution < -0.4 is 4.90 Å². The molecule has 2 heterocycles. The van der Waals surface area contributed by atoms with Gasteiger partial charge in [-0.25, -0.2) is 4.98 Å². The zero-order valence-corrected chi connectivity index (χ0v) is 10.1. The van der Waals surface area contributed by atoms with Crippen LogP contribution in [0.2, 0.25) is 5.15 Å². The van der Waals surface area contributed by atoms with Crippen LogP contribution in [0.5, 0.6) is 0 Å². The summed E-state index contributed by atoms with van der Waals surface area (Å²) in [5, 5.41) is 1.52. The third kappa shape index (κ3) is 2.77. The highest BCUT2D eigenvalue weighted by molar-refractivity contribution is 7.98. The van der Waals surface area contributed by atoms with Crippen LogP contribution in [0.1, 0.15) is 0 Å². The number of morpholine rings is 1. The van der Waals surface area contributed by atoms with Gasteiger partial charge in [-0.2, -0.15) is 0 Å². The second-order valence-corrected chi connectivity index (χ2v) is 4.50. The normalized spacial score (nSPS) is 16.8. The molecule has 0 bridgehead atoms. The van der Waals surface area contributed by atoms with Crippen molar-refractivity contribution in [2.24, 2.45) is 0 Å². The van der Waals surface area contributed by atoms with Gasteiger partial charge < -0.3 is 9.64 Å². The van der Waals surface area contributed by atoms with E-state index in [2.05, 4.69) is 16.0 Å². The number of hydrogen-bond acceptors (Lipinski definition) is 4. The third-order valence-corrected chi connectivity index (χ3v) is 3.16. The molecular formula is C10H13ClN2OS. The summed E-state index contributed by atoms with van der Waals surface area (Å²) in [5.41, 5.74) is 1.14. The number of hydrogen-bond donors (Lipinski definition) is 0. The van der Waals surface area contributed by atoms with Gasteiger partial charge in [0.25, 0.3) is 0 Å². The SMILES string of the molecule is CSc1cc(N2CCOCC2)cc(Cl)n1. The second kappa shape index (κ2) is 5.05. The fourth-order valence-electron chi connectivity index (χ4n) is 1.57.